The van der Waals surface area contributed by atoms with E-state index >= 15 is 0 Å². The van der Waals surface area contributed by atoms with Crippen LogP contribution in [0.25, 0.3) is 22.2 Å². The third kappa shape index (κ3) is 4.45. The normalized spacial score (nSPS) is 15.7. The van der Waals surface area contributed by atoms with E-state index < -0.39 is 0 Å². The summed E-state index contributed by atoms with van der Waals surface area (Å²) in [5.41, 5.74) is 4.30. The largest absolute Gasteiger partial charge is 0.349 e. The third-order valence-corrected chi connectivity index (χ3v) is 6.17. The van der Waals surface area contributed by atoms with Gasteiger partial charge in [0.05, 0.1) is 16.8 Å². The topological polar surface area (TPSA) is 42.0 Å². The Balaban J connectivity index is 1.74. The molecule has 1 fully saturated rings. The van der Waals surface area contributed by atoms with Crippen LogP contribution < -0.4 is 5.32 Å². The molecule has 4 rings (SSSR count). The minimum atomic E-state index is 0.0156. The van der Waals surface area contributed by atoms with Crippen LogP contribution in [0.4, 0.5) is 0 Å². The van der Waals surface area contributed by atoms with E-state index in [1.54, 1.807) is 0 Å². The van der Waals surface area contributed by atoms with E-state index in [-0.39, 0.29) is 11.9 Å². The second-order valence-electron chi connectivity index (χ2n) is 8.00. The summed E-state index contributed by atoms with van der Waals surface area (Å²) < 4.78 is 0. The summed E-state index contributed by atoms with van der Waals surface area (Å²) in [6, 6.07) is 15.8. The van der Waals surface area contributed by atoms with Crippen molar-refractivity contribution in [2.45, 2.75) is 57.9 Å². The van der Waals surface area contributed by atoms with Gasteiger partial charge in [-0.25, -0.2) is 4.98 Å². The van der Waals surface area contributed by atoms with Crippen molar-refractivity contribution in [3.63, 3.8) is 0 Å². The van der Waals surface area contributed by atoms with E-state index in [2.05, 4.69) is 5.32 Å². The number of benzene rings is 2. The number of fused-ring (bicyclic) bond motifs is 1. The number of carbonyl (C=O) groups excluding carboxylic acids is 1. The van der Waals surface area contributed by atoms with Crippen molar-refractivity contribution in [1.29, 1.82) is 0 Å². The van der Waals surface area contributed by atoms with Gasteiger partial charge < -0.3 is 5.32 Å². The van der Waals surface area contributed by atoms with Gasteiger partial charge in [-0.1, -0.05) is 74.0 Å². The van der Waals surface area contributed by atoms with Crippen LogP contribution in [-0.4, -0.2) is 16.9 Å². The van der Waals surface area contributed by atoms with Gasteiger partial charge in [-0.15, -0.1) is 0 Å². The van der Waals surface area contributed by atoms with Gasteiger partial charge in [-0.05, 0) is 43.5 Å². The monoisotopic (exact) mass is 406 g/mol. The number of rotatable bonds is 3. The lowest BCUT2D eigenvalue weighted by atomic mass is 9.94. The lowest BCUT2D eigenvalue weighted by molar-refractivity contribution is 0.0931. The highest BCUT2D eigenvalue weighted by molar-refractivity contribution is 6.30. The van der Waals surface area contributed by atoms with Crippen molar-refractivity contribution in [2.24, 2.45) is 0 Å². The van der Waals surface area contributed by atoms with E-state index in [4.69, 9.17) is 16.6 Å². The molecule has 150 valence electrons. The molecule has 3 aromatic rings. The van der Waals surface area contributed by atoms with Crippen LogP contribution >= 0.6 is 11.6 Å². The Morgan fingerprint density at radius 1 is 0.966 bits per heavy atom. The summed E-state index contributed by atoms with van der Waals surface area (Å²) >= 11 is 6.06. The lowest BCUT2D eigenvalue weighted by Crippen LogP contribution is -2.35. The molecular weight excluding hydrogens is 380 g/mol. The number of hydrogen-bond acceptors (Lipinski definition) is 2. The molecule has 0 bridgehead atoms. The summed E-state index contributed by atoms with van der Waals surface area (Å²) in [4.78, 5) is 18.3. The zero-order valence-electron chi connectivity index (χ0n) is 16.9. The van der Waals surface area contributed by atoms with Gasteiger partial charge >= 0.3 is 0 Å². The number of para-hydroxylation sites is 1. The van der Waals surface area contributed by atoms with Gasteiger partial charge in [0.2, 0.25) is 0 Å². The predicted molar refractivity (Wildman–Crippen MR) is 120 cm³/mol. The molecule has 1 N–H and O–H groups in total. The maximum atomic E-state index is 13.4. The van der Waals surface area contributed by atoms with Crippen LogP contribution in [0.3, 0.4) is 0 Å². The number of aromatic nitrogens is 1. The number of hydrogen-bond donors (Lipinski definition) is 1. The second-order valence-corrected chi connectivity index (χ2v) is 8.44. The molecule has 0 radical (unpaired) electrons. The summed E-state index contributed by atoms with van der Waals surface area (Å²) in [5, 5.41) is 4.93. The molecule has 29 heavy (non-hydrogen) atoms. The lowest BCUT2D eigenvalue weighted by Gasteiger charge is -2.22. The highest BCUT2D eigenvalue weighted by Crippen LogP contribution is 2.30. The first-order valence-corrected chi connectivity index (χ1v) is 11.0. The van der Waals surface area contributed by atoms with Gasteiger partial charge in [-0.3, -0.25) is 4.79 Å². The first-order valence-electron chi connectivity index (χ1n) is 10.6. The Hall–Kier alpha value is -2.39. The fourth-order valence-corrected chi connectivity index (χ4v) is 4.47. The summed E-state index contributed by atoms with van der Waals surface area (Å²) in [6.07, 6.45) is 8.37. The molecule has 1 aliphatic carbocycles. The number of amides is 1. The van der Waals surface area contributed by atoms with Gasteiger partial charge in [-0.2, -0.15) is 0 Å². The SMILES string of the molecule is Cc1c(-c2ccc(Cl)cc2)nc2ccccc2c1C(=O)NC1CCCCCCC1. The van der Waals surface area contributed by atoms with Gasteiger partial charge in [0.1, 0.15) is 0 Å². The number of nitrogens with one attached hydrogen (secondary N) is 1. The number of nitrogens with zero attached hydrogens (tertiary/aromatic N) is 1. The number of halogens is 1. The molecule has 1 saturated carbocycles. The molecule has 0 atom stereocenters. The average Bonchev–Trinajstić information content (AvgIpc) is 2.70. The Morgan fingerprint density at radius 2 is 1.62 bits per heavy atom. The molecular formula is C25H27ClN2O. The van der Waals surface area contributed by atoms with Crippen LogP contribution in [0.1, 0.15) is 60.9 Å². The zero-order chi connectivity index (χ0) is 20.2. The predicted octanol–water partition coefficient (Wildman–Crippen LogP) is 6.71. The van der Waals surface area contributed by atoms with Crippen LogP contribution in [0, 0.1) is 6.92 Å². The molecule has 0 aliphatic heterocycles. The minimum Gasteiger partial charge on any atom is -0.349 e. The highest BCUT2D eigenvalue weighted by Gasteiger charge is 2.21. The first kappa shape index (κ1) is 19.9. The van der Waals surface area contributed by atoms with Crippen LogP contribution in [0.5, 0.6) is 0 Å². The maximum absolute atomic E-state index is 13.4. The fourth-order valence-electron chi connectivity index (χ4n) is 4.35. The molecule has 2 aromatic carbocycles. The van der Waals surface area contributed by atoms with Crippen LogP contribution in [-0.2, 0) is 0 Å². The van der Waals surface area contributed by atoms with Crippen molar-refractivity contribution in [2.75, 3.05) is 0 Å². The van der Waals surface area contributed by atoms with E-state index in [1.165, 1.54) is 32.1 Å². The molecule has 1 heterocycles. The standard InChI is InChI=1S/C25H27ClN2O/c1-17-23(25(29)27-20-9-5-3-2-4-6-10-20)21-11-7-8-12-22(21)28-24(17)18-13-15-19(26)16-14-18/h7-8,11-16,20H,2-6,9-10H2,1H3,(H,27,29). The maximum Gasteiger partial charge on any atom is 0.252 e. The van der Waals surface area contributed by atoms with Gasteiger partial charge in [0, 0.05) is 22.0 Å². The van der Waals surface area contributed by atoms with Crippen molar-refractivity contribution < 1.29 is 4.79 Å². The molecule has 4 heteroatoms. The summed E-state index contributed by atoms with van der Waals surface area (Å²) in [5.74, 6) is 0.0156. The molecule has 0 saturated heterocycles. The second kappa shape index (κ2) is 8.96. The molecule has 3 nitrogen and oxygen atoms in total. The van der Waals surface area contributed by atoms with Crippen LogP contribution in [0.15, 0.2) is 48.5 Å². The summed E-state index contributed by atoms with van der Waals surface area (Å²) in [6.45, 7) is 2.00. The van der Waals surface area contributed by atoms with Gasteiger partial charge in [0.15, 0.2) is 0 Å². The van der Waals surface area contributed by atoms with Crippen molar-refractivity contribution in [1.82, 2.24) is 10.3 Å². The Labute approximate surface area is 177 Å². The first-order chi connectivity index (χ1) is 14.1. The Kier molecular flexibility index (Phi) is 6.15. The summed E-state index contributed by atoms with van der Waals surface area (Å²) in [7, 11) is 0. The molecule has 0 unspecified atom stereocenters. The van der Waals surface area contributed by atoms with E-state index in [9.17, 15) is 4.79 Å². The van der Waals surface area contributed by atoms with E-state index in [1.807, 2.05) is 55.5 Å². The fraction of sp³-hybridized carbons (Fsp3) is 0.360. The molecule has 1 aliphatic rings. The quantitative estimate of drug-likeness (QED) is 0.525. The Morgan fingerprint density at radius 3 is 2.34 bits per heavy atom. The van der Waals surface area contributed by atoms with Crippen molar-refractivity contribution in [3.05, 3.63) is 64.7 Å². The highest BCUT2D eigenvalue weighted by atomic mass is 35.5. The average molecular weight is 407 g/mol. The van der Waals surface area contributed by atoms with E-state index in [0.29, 0.717) is 5.02 Å². The molecule has 0 spiro atoms. The number of carbonyl (C=O) groups is 1. The Bertz CT molecular complexity index is 1010. The van der Waals surface area contributed by atoms with Gasteiger partial charge in [0.25, 0.3) is 5.91 Å². The molecule has 1 aromatic heterocycles. The zero-order valence-corrected chi connectivity index (χ0v) is 17.6. The van der Waals surface area contributed by atoms with E-state index in [0.717, 1.165) is 46.1 Å². The number of pyridine rings is 1. The minimum absolute atomic E-state index is 0.0156. The van der Waals surface area contributed by atoms with Crippen LogP contribution in [0.2, 0.25) is 5.02 Å². The molecule has 1 amide bonds. The van der Waals surface area contributed by atoms with Crippen molar-refractivity contribution in [3.8, 4) is 11.3 Å². The smallest absolute Gasteiger partial charge is 0.252 e. The third-order valence-electron chi connectivity index (χ3n) is 5.92. The van der Waals surface area contributed by atoms with Crippen molar-refractivity contribution >= 4 is 28.4 Å².